The van der Waals surface area contributed by atoms with Crippen LogP contribution < -0.4 is 4.90 Å². The number of rotatable bonds is 2. The second-order valence-electron chi connectivity index (χ2n) is 8.59. The molecule has 0 aliphatic carbocycles. The standard InChI is InChI=1S/C22H27N3O/c1-14-7-9-17-18-10-8-15(2)23-21(18)26-20(17)19(14)25-12-11-24(16(25)3)13-22(4,5)6/h7-12,16H,13H2,1-6H3/t16-/m0/s1. The van der Waals surface area contributed by atoms with Crippen molar-refractivity contribution in [3.63, 3.8) is 0 Å². The van der Waals surface area contributed by atoms with Crippen molar-refractivity contribution in [3.05, 3.63) is 47.9 Å². The lowest BCUT2D eigenvalue weighted by molar-refractivity contribution is 0.221. The minimum absolute atomic E-state index is 0.247. The first kappa shape index (κ1) is 17.0. The third-order valence-corrected chi connectivity index (χ3v) is 5.04. The van der Waals surface area contributed by atoms with Crippen molar-refractivity contribution in [2.75, 3.05) is 11.4 Å². The van der Waals surface area contributed by atoms with Crippen molar-refractivity contribution in [1.82, 2.24) is 9.88 Å². The summed E-state index contributed by atoms with van der Waals surface area (Å²) >= 11 is 0. The summed E-state index contributed by atoms with van der Waals surface area (Å²) < 4.78 is 6.24. The second-order valence-corrected chi connectivity index (χ2v) is 8.59. The SMILES string of the molecule is Cc1ccc2c(n1)oc1c(N3C=CN(CC(C)(C)C)[C@@H]3C)c(C)ccc12. The second kappa shape index (κ2) is 5.76. The summed E-state index contributed by atoms with van der Waals surface area (Å²) in [5.41, 5.74) is 5.21. The van der Waals surface area contributed by atoms with Crippen LogP contribution >= 0.6 is 0 Å². The molecule has 1 aliphatic heterocycles. The quantitative estimate of drug-likeness (QED) is 0.604. The van der Waals surface area contributed by atoms with Gasteiger partial charge >= 0.3 is 0 Å². The molecule has 0 amide bonds. The number of nitrogens with zero attached hydrogens (tertiary/aromatic N) is 3. The number of furan rings is 1. The highest BCUT2D eigenvalue weighted by atomic mass is 16.3. The van der Waals surface area contributed by atoms with E-state index < -0.39 is 0 Å². The average molecular weight is 349 g/mol. The number of aromatic nitrogens is 1. The molecule has 4 rings (SSSR count). The fourth-order valence-corrected chi connectivity index (χ4v) is 3.78. The number of pyridine rings is 1. The van der Waals surface area contributed by atoms with E-state index in [4.69, 9.17) is 4.42 Å². The number of aryl methyl sites for hydroxylation is 2. The molecular weight excluding hydrogens is 322 g/mol. The molecule has 0 unspecified atom stereocenters. The normalized spacial score (nSPS) is 17.8. The molecule has 1 aliphatic rings. The van der Waals surface area contributed by atoms with E-state index in [1.54, 1.807) is 0 Å². The van der Waals surface area contributed by atoms with Crippen molar-refractivity contribution in [2.45, 2.75) is 47.7 Å². The summed E-state index contributed by atoms with van der Waals surface area (Å²) in [6.07, 6.45) is 4.62. The number of fused-ring (bicyclic) bond motifs is 3. The van der Waals surface area contributed by atoms with Gasteiger partial charge in [-0.15, -0.1) is 0 Å². The molecule has 3 aromatic rings. The van der Waals surface area contributed by atoms with Crippen molar-refractivity contribution in [3.8, 4) is 0 Å². The van der Waals surface area contributed by atoms with Gasteiger partial charge in [0.05, 0.1) is 5.69 Å². The Morgan fingerprint density at radius 1 is 1.04 bits per heavy atom. The summed E-state index contributed by atoms with van der Waals surface area (Å²) in [5.74, 6) is 0. The van der Waals surface area contributed by atoms with Crippen LogP contribution in [0.25, 0.3) is 22.1 Å². The maximum absolute atomic E-state index is 6.24. The molecule has 0 radical (unpaired) electrons. The highest BCUT2D eigenvalue weighted by Gasteiger charge is 2.29. The van der Waals surface area contributed by atoms with E-state index in [1.807, 2.05) is 13.0 Å². The molecule has 0 fully saturated rings. The molecule has 0 saturated heterocycles. The lowest BCUT2D eigenvalue weighted by Gasteiger charge is -2.34. The fraction of sp³-hybridized carbons (Fsp3) is 0.409. The average Bonchev–Trinajstić information content (AvgIpc) is 3.07. The van der Waals surface area contributed by atoms with E-state index >= 15 is 0 Å². The molecule has 0 N–H and O–H groups in total. The molecule has 0 saturated carbocycles. The minimum Gasteiger partial charge on any atom is -0.435 e. The first-order valence-electron chi connectivity index (χ1n) is 9.26. The van der Waals surface area contributed by atoms with Gasteiger partial charge in [0.25, 0.3) is 0 Å². The van der Waals surface area contributed by atoms with Gasteiger partial charge < -0.3 is 14.2 Å². The van der Waals surface area contributed by atoms with Gasteiger partial charge in [0, 0.05) is 35.4 Å². The molecule has 1 atom stereocenters. The van der Waals surface area contributed by atoms with Crippen LogP contribution in [0.1, 0.15) is 39.0 Å². The van der Waals surface area contributed by atoms with Crippen LogP contribution in [0.2, 0.25) is 0 Å². The van der Waals surface area contributed by atoms with Crippen LogP contribution in [0.4, 0.5) is 5.69 Å². The minimum atomic E-state index is 0.247. The van der Waals surface area contributed by atoms with E-state index in [-0.39, 0.29) is 11.6 Å². The number of hydrogen-bond donors (Lipinski definition) is 0. The van der Waals surface area contributed by atoms with Gasteiger partial charge in [0.15, 0.2) is 5.58 Å². The molecule has 1 aromatic carbocycles. The Kier molecular flexibility index (Phi) is 3.76. The summed E-state index contributed by atoms with van der Waals surface area (Å²) in [5, 5.41) is 2.21. The van der Waals surface area contributed by atoms with Crippen molar-refractivity contribution < 1.29 is 4.42 Å². The van der Waals surface area contributed by atoms with Crippen molar-refractivity contribution >= 4 is 27.8 Å². The van der Waals surface area contributed by atoms with Crippen LogP contribution in [-0.4, -0.2) is 22.6 Å². The zero-order chi connectivity index (χ0) is 18.6. The zero-order valence-electron chi connectivity index (χ0n) is 16.5. The fourth-order valence-electron chi connectivity index (χ4n) is 3.78. The molecule has 4 nitrogen and oxygen atoms in total. The first-order valence-corrected chi connectivity index (χ1v) is 9.26. The summed E-state index contributed by atoms with van der Waals surface area (Å²) in [7, 11) is 0. The predicted octanol–water partition coefficient (Wildman–Crippen LogP) is 5.58. The Labute approximate surface area is 155 Å². The third-order valence-electron chi connectivity index (χ3n) is 5.04. The topological polar surface area (TPSA) is 32.5 Å². The van der Waals surface area contributed by atoms with Gasteiger partial charge in [-0.05, 0) is 43.9 Å². The van der Waals surface area contributed by atoms with E-state index in [2.05, 4.69) is 80.0 Å². The summed E-state index contributed by atoms with van der Waals surface area (Å²) in [6, 6.07) is 8.48. The third kappa shape index (κ3) is 2.74. The predicted molar refractivity (Wildman–Crippen MR) is 108 cm³/mol. The molecule has 0 bridgehead atoms. The lowest BCUT2D eigenvalue weighted by Crippen LogP contribution is -2.40. The van der Waals surface area contributed by atoms with Crippen molar-refractivity contribution in [1.29, 1.82) is 0 Å². The van der Waals surface area contributed by atoms with Gasteiger partial charge in [-0.2, -0.15) is 0 Å². The Bertz CT molecular complexity index is 1010. The Balaban J connectivity index is 1.83. The van der Waals surface area contributed by atoms with Crippen molar-refractivity contribution in [2.24, 2.45) is 5.41 Å². The Morgan fingerprint density at radius 3 is 2.50 bits per heavy atom. The lowest BCUT2D eigenvalue weighted by atomic mass is 9.96. The summed E-state index contributed by atoms with van der Waals surface area (Å²) in [4.78, 5) is 9.29. The van der Waals surface area contributed by atoms with Gasteiger partial charge in [-0.25, -0.2) is 4.98 Å². The maximum Gasteiger partial charge on any atom is 0.227 e. The molecule has 4 heteroatoms. The van der Waals surface area contributed by atoms with E-state index in [1.165, 1.54) is 5.56 Å². The monoisotopic (exact) mass is 349 g/mol. The van der Waals surface area contributed by atoms with Crippen LogP contribution in [0.5, 0.6) is 0 Å². The molecule has 136 valence electrons. The van der Waals surface area contributed by atoms with Crippen LogP contribution in [0, 0.1) is 19.3 Å². The zero-order valence-corrected chi connectivity index (χ0v) is 16.5. The van der Waals surface area contributed by atoms with E-state index in [0.717, 1.165) is 34.3 Å². The first-order chi connectivity index (χ1) is 12.2. The highest BCUT2D eigenvalue weighted by molar-refractivity contribution is 6.08. The van der Waals surface area contributed by atoms with Gasteiger partial charge in [-0.1, -0.05) is 32.9 Å². The number of anilines is 1. The van der Waals surface area contributed by atoms with Gasteiger partial charge in [0.1, 0.15) is 6.17 Å². The largest absolute Gasteiger partial charge is 0.435 e. The Morgan fingerprint density at radius 2 is 1.77 bits per heavy atom. The molecule has 0 spiro atoms. The summed E-state index contributed by atoms with van der Waals surface area (Å²) in [6.45, 7) is 14.2. The molecular formula is C22H27N3O. The molecule has 2 aromatic heterocycles. The highest BCUT2D eigenvalue weighted by Crippen LogP contribution is 2.39. The van der Waals surface area contributed by atoms with Crippen LogP contribution in [0.3, 0.4) is 0 Å². The van der Waals surface area contributed by atoms with Gasteiger partial charge in [0.2, 0.25) is 5.71 Å². The Hall–Kier alpha value is -2.49. The smallest absolute Gasteiger partial charge is 0.227 e. The van der Waals surface area contributed by atoms with E-state index in [0.29, 0.717) is 5.71 Å². The molecule has 3 heterocycles. The maximum atomic E-state index is 6.24. The van der Waals surface area contributed by atoms with Crippen LogP contribution in [0.15, 0.2) is 41.1 Å². The van der Waals surface area contributed by atoms with Crippen LogP contribution in [-0.2, 0) is 0 Å². The number of hydrogen-bond acceptors (Lipinski definition) is 4. The van der Waals surface area contributed by atoms with Gasteiger partial charge in [-0.3, -0.25) is 0 Å². The number of benzene rings is 1. The molecule has 26 heavy (non-hydrogen) atoms. The van der Waals surface area contributed by atoms with E-state index in [9.17, 15) is 0 Å².